The topological polar surface area (TPSA) is 57.7 Å². The van der Waals surface area contributed by atoms with Gasteiger partial charge in [-0.15, -0.1) is 0 Å². The predicted octanol–water partition coefficient (Wildman–Crippen LogP) is 2.02. The van der Waals surface area contributed by atoms with Crippen LogP contribution in [-0.4, -0.2) is 21.3 Å². The van der Waals surface area contributed by atoms with E-state index >= 15 is 0 Å². The molecule has 19 heavy (non-hydrogen) atoms. The van der Waals surface area contributed by atoms with Crippen molar-refractivity contribution in [3.05, 3.63) is 41.3 Å². The van der Waals surface area contributed by atoms with Crippen LogP contribution in [-0.2, 0) is 13.6 Å². The minimum Gasteiger partial charge on any atom is -0.350 e. The van der Waals surface area contributed by atoms with Crippen molar-refractivity contribution in [2.24, 2.45) is 7.05 Å². The van der Waals surface area contributed by atoms with E-state index < -0.39 is 0 Å². The van der Waals surface area contributed by atoms with Crippen molar-refractivity contribution in [1.82, 2.24) is 14.8 Å². The molecule has 2 aromatic heterocycles. The van der Waals surface area contributed by atoms with Gasteiger partial charge in [-0.2, -0.15) is 10.4 Å². The number of nitriles is 1. The van der Waals surface area contributed by atoms with E-state index in [0.29, 0.717) is 12.1 Å². The van der Waals surface area contributed by atoms with E-state index in [1.807, 2.05) is 32.2 Å². The smallest absolute Gasteiger partial charge is 0.145 e. The van der Waals surface area contributed by atoms with Gasteiger partial charge >= 0.3 is 0 Å². The summed E-state index contributed by atoms with van der Waals surface area (Å²) in [5, 5.41) is 13.6. The first-order valence-electron chi connectivity index (χ1n) is 6.26. The molecular formula is C14H17N5. The van der Waals surface area contributed by atoms with E-state index in [-0.39, 0.29) is 0 Å². The minimum absolute atomic E-state index is 0.639. The number of rotatable bonds is 4. The second kappa shape index (κ2) is 5.53. The van der Waals surface area contributed by atoms with Crippen molar-refractivity contribution in [1.29, 1.82) is 5.26 Å². The van der Waals surface area contributed by atoms with Crippen molar-refractivity contribution >= 4 is 5.82 Å². The Bertz CT molecular complexity index is 594. The zero-order valence-electron chi connectivity index (χ0n) is 11.5. The highest BCUT2D eigenvalue weighted by molar-refractivity contribution is 5.57. The molecule has 0 amide bonds. The Balaban J connectivity index is 2.36. The Morgan fingerprint density at radius 1 is 1.42 bits per heavy atom. The fraction of sp³-hybridized carbons (Fsp3) is 0.357. The first kappa shape index (κ1) is 13.1. The van der Waals surface area contributed by atoms with Crippen LogP contribution in [0.1, 0.15) is 23.9 Å². The van der Waals surface area contributed by atoms with Crippen LogP contribution in [0.25, 0.3) is 0 Å². The van der Waals surface area contributed by atoms with Crippen LogP contribution in [0.4, 0.5) is 5.82 Å². The van der Waals surface area contributed by atoms with Crippen LogP contribution < -0.4 is 4.90 Å². The molecule has 0 aromatic carbocycles. The summed E-state index contributed by atoms with van der Waals surface area (Å²) in [4.78, 5) is 6.44. The average Bonchev–Trinajstić information content (AvgIpc) is 2.71. The molecule has 2 rings (SSSR count). The van der Waals surface area contributed by atoms with E-state index in [0.717, 1.165) is 23.8 Å². The van der Waals surface area contributed by atoms with E-state index in [2.05, 4.69) is 28.0 Å². The second-order valence-corrected chi connectivity index (χ2v) is 4.35. The van der Waals surface area contributed by atoms with Gasteiger partial charge in [0.05, 0.1) is 17.9 Å². The zero-order valence-corrected chi connectivity index (χ0v) is 11.5. The second-order valence-electron chi connectivity index (χ2n) is 4.35. The Morgan fingerprint density at radius 2 is 2.21 bits per heavy atom. The fourth-order valence-electron chi connectivity index (χ4n) is 2.16. The lowest BCUT2D eigenvalue weighted by Crippen LogP contribution is -2.25. The third-order valence-corrected chi connectivity index (χ3v) is 3.06. The molecule has 0 bridgehead atoms. The van der Waals surface area contributed by atoms with E-state index in [1.165, 1.54) is 0 Å². The molecule has 0 saturated heterocycles. The van der Waals surface area contributed by atoms with Gasteiger partial charge in [-0.1, -0.05) is 6.07 Å². The third-order valence-electron chi connectivity index (χ3n) is 3.06. The normalized spacial score (nSPS) is 10.2. The quantitative estimate of drug-likeness (QED) is 0.838. The van der Waals surface area contributed by atoms with E-state index in [1.54, 1.807) is 10.9 Å². The number of aryl methyl sites for hydroxylation is 2. The Hall–Kier alpha value is -2.35. The van der Waals surface area contributed by atoms with Crippen molar-refractivity contribution < 1.29 is 0 Å². The van der Waals surface area contributed by atoms with Crippen LogP contribution in [0.5, 0.6) is 0 Å². The first-order valence-corrected chi connectivity index (χ1v) is 6.26. The van der Waals surface area contributed by atoms with Crippen LogP contribution in [0, 0.1) is 18.3 Å². The molecule has 5 heteroatoms. The minimum atomic E-state index is 0.639. The Morgan fingerprint density at radius 3 is 2.79 bits per heavy atom. The number of hydrogen-bond acceptors (Lipinski definition) is 4. The summed E-state index contributed by atoms with van der Waals surface area (Å²) in [6.07, 6.45) is 1.78. The number of nitrogens with zero attached hydrogens (tertiary/aromatic N) is 5. The molecule has 0 aliphatic heterocycles. The number of pyridine rings is 1. The van der Waals surface area contributed by atoms with Crippen LogP contribution >= 0.6 is 0 Å². The summed E-state index contributed by atoms with van der Waals surface area (Å²) < 4.78 is 1.76. The van der Waals surface area contributed by atoms with Crippen molar-refractivity contribution in [3.63, 3.8) is 0 Å². The highest BCUT2D eigenvalue weighted by Crippen LogP contribution is 2.23. The molecule has 0 fully saturated rings. The molecule has 0 aliphatic carbocycles. The largest absolute Gasteiger partial charge is 0.350 e. The lowest BCUT2D eigenvalue weighted by atomic mass is 10.2. The summed E-state index contributed by atoms with van der Waals surface area (Å²) in [5.41, 5.74) is 2.38. The van der Waals surface area contributed by atoms with E-state index in [9.17, 15) is 5.26 Å². The molecule has 0 atom stereocenters. The van der Waals surface area contributed by atoms with E-state index in [4.69, 9.17) is 0 Å². The molecule has 0 radical (unpaired) electrons. The lowest BCUT2D eigenvalue weighted by molar-refractivity contribution is 0.700. The maximum Gasteiger partial charge on any atom is 0.145 e. The van der Waals surface area contributed by atoms with Gasteiger partial charge in [0.25, 0.3) is 0 Å². The molecule has 0 spiro atoms. The average molecular weight is 255 g/mol. The van der Waals surface area contributed by atoms with Crippen LogP contribution in [0.3, 0.4) is 0 Å². The monoisotopic (exact) mass is 255 g/mol. The molecule has 0 saturated carbocycles. The molecule has 0 aliphatic rings. The van der Waals surface area contributed by atoms with Gasteiger partial charge in [-0.05, 0) is 26.0 Å². The first-order chi connectivity index (χ1) is 9.17. The SMILES string of the molecule is CCN(Cc1ccccn1)c1c(C#N)c(C)nn1C. The van der Waals surface area contributed by atoms with Crippen LogP contribution in [0.2, 0.25) is 0 Å². The van der Waals surface area contributed by atoms with Gasteiger partial charge in [0.1, 0.15) is 17.5 Å². The lowest BCUT2D eigenvalue weighted by Gasteiger charge is -2.22. The highest BCUT2D eigenvalue weighted by Gasteiger charge is 2.18. The van der Waals surface area contributed by atoms with Gasteiger partial charge < -0.3 is 4.90 Å². The maximum absolute atomic E-state index is 9.28. The van der Waals surface area contributed by atoms with Crippen molar-refractivity contribution in [2.45, 2.75) is 20.4 Å². The third kappa shape index (κ3) is 2.58. The summed E-state index contributed by atoms with van der Waals surface area (Å²) in [7, 11) is 1.87. The fourth-order valence-corrected chi connectivity index (χ4v) is 2.16. The van der Waals surface area contributed by atoms with Crippen LogP contribution in [0.15, 0.2) is 24.4 Å². The molecule has 2 aromatic rings. The number of anilines is 1. The Kier molecular flexibility index (Phi) is 3.81. The Labute approximate surface area is 113 Å². The predicted molar refractivity (Wildman–Crippen MR) is 73.6 cm³/mol. The van der Waals surface area contributed by atoms with Crippen molar-refractivity contribution in [3.8, 4) is 6.07 Å². The molecule has 2 heterocycles. The summed E-state index contributed by atoms with van der Waals surface area (Å²) in [5.74, 6) is 0.855. The van der Waals surface area contributed by atoms with Gasteiger partial charge in [0.2, 0.25) is 0 Å². The molecule has 5 nitrogen and oxygen atoms in total. The molecule has 0 N–H and O–H groups in total. The van der Waals surface area contributed by atoms with Gasteiger partial charge in [0, 0.05) is 19.8 Å². The number of aromatic nitrogens is 3. The molecule has 98 valence electrons. The molecule has 0 unspecified atom stereocenters. The van der Waals surface area contributed by atoms with Gasteiger partial charge in [0.15, 0.2) is 0 Å². The van der Waals surface area contributed by atoms with Crippen molar-refractivity contribution in [2.75, 3.05) is 11.4 Å². The summed E-state index contributed by atoms with van der Waals surface area (Å²) in [6, 6.07) is 8.09. The highest BCUT2D eigenvalue weighted by atomic mass is 15.4. The maximum atomic E-state index is 9.28. The molecular weight excluding hydrogens is 238 g/mol. The summed E-state index contributed by atoms with van der Waals surface area (Å²) >= 11 is 0. The standard InChI is InChI=1S/C14H17N5/c1-4-19(10-12-7-5-6-8-16-12)14-13(9-15)11(2)17-18(14)3/h5-8H,4,10H2,1-3H3. The van der Waals surface area contributed by atoms with Gasteiger partial charge in [-0.25, -0.2) is 0 Å². The zero-order chi connectivity index (χ0) is 13.8. The number of hydrogen-bond donors (Lipinski definition) is 0. The summed E-state index contributed by atoms with van der Waals surface area (Å²) in [6.45, 7) is 5.39. The van der Waals surface area contributed by atoms with Gasteiger partial charge in [-0.3, -0.25) is 9.67 Å².